The number of nitrogens with zero attached hydrogens (tertiary/aromatic N) is 1. The first-order chi connectivity index (χ1) is 7.91. The van der Waals surface area contributed by atoms with Crippen molar-refractivity contribution in [1.29, 1.82) is 0 Å². The molecule has 0 amide bonds. The average molecular weight is 243 g/mol. The lowest BCUT2D eigenvalue weighted by atomic mass is 10.1. The molecule has 0 fully saturated rings. The Morgan fingerprint density at radius 1 is 1.41 bits per heavy atom. The number of hydrogen-bond donors (Lipinski definition) is 0. The van der Waals surface area contributed by atoms with Gasteiger partial charge in [0.15, 0.2) is 5.82 Å². The summed E-state index contributed by atoms with van der Waals surface area (Å²) >= 11 is 0. The molecule has 0 radical (unpaired) electrons. The van der Waals surface area contributed by atoms with Crippen molar-refractivity contribution in [3.05, 3.63) is 29.6 Å². The van der Waals surface area contributed by atoms with Crippen LogP contribution in [0.2, 0.25) is 0 Å². The molecule has 1 heterocycles. The molecule has 3 nitrogen and oxygen atoms in total. The van der Waals surface area contributed by atoms with Crippen molar-refractivity contribution in [3.63, 3.8) is 0 Å². The second-order valence-electron chi connectivity index (χ2n) is 4.31. The van der Waals surface area contributed by atoms with Gasteiger partial charge in [0.25, 0.3) is 0 Å². The lowest BCUT2D eigenvalue weighted by molar-refractivity contribution is 0.0293. The molecule has 0 aliphatic carbocycles. The molecule has 94 valence electrons. The highest BCUT2D eigenvalue weighted by Gasteiger charge is 2.19. The van der Waals surface area contributed by atoms with Gasteiger partial charge in [-0.25, -0.2) is 14.2 Å². The Bertz CT molecular complexity index is 407. The zero-order valence-corrected chi connectivity index (χ0v) is 10.0. The predicted molar refractivity (Wildman–Crippen MR) is 58.5 cm³/mol. The summed E-state index contributed by atoms with van der Waals surface area (Å²) in [5.74, 6) is -3.07. The standard InChI is InChI=1S/C12H15F2NO2/c1-7(2)6-8(3)17-12(16)9-4-5-15-11(14)10(9)13/h4-5,7-8H,6H2,1-3H3. The molecule has 0 spiro atoms. The third-order valence-electron chi connectivity index (χ3n) is 2.18. The highest BCUT2D eigenvalue weighted by molar-refractivity contribution is 5.89. The first-order valence-corrected chi connectivity index (χ1v) is 5.42. The summed E-state index contributed by atoms with van der Waals surface area (Å²) in [4.78, 5) is 14.7. The molecule has 1 aromatic heterocycles. The number of hydrogen-bond acceptors (Lipinski definition) is 3. The van der Waals surface area contributed by atoms with Crippen LogP contribution in [0.4, 0.5) is 8.78 Å². The van der Waals surface area contributed by atoms with Crippen molar-refractivity contribution < 1.29 is 18.3 Å². The van der Waals surface area contributed by atoms with E-state index in [2.05, 4.69) is 4.98 Å². The lowest BCUT2D eigenvalue weighted by Crippen LogP contribution is -2.18. The van der Waals surface area contributed by atoms with E-state index in [0.717, 1.165) is 12.3 Å². The summed E-state index contributed by atoms with van der Waals surface area (Å²) in [6.45, 7) is 5.68. The van der Waals surface area contributed by atoms with Crippen LogP contribution in [0.5, 0.6) is 0 Å². The van der Waals surface area contributed by atoms with Crippen LogP contribution in [0.1, 0.15) is 37.6 Å². The maximum atomic E-state index is 13.2. The minimum atomic E-state index is -1.30. The van der Waals surface area contributed by atoms with Gasteiger partial charge in [0.05, 0.1) is 6.10 Å². The summed E-state index contributed by atoms with van der Waals surface area (Å²) < 4.78 is 31.0. The van der Waals surface area contributed by atoms with Gasteiger partial charge in [-0.15, -0.1) is 0 Å². The Balaban J connectivity index is 2.73. The van der Waals surface area contributed by atoms with Crippen LogP contribution in [-0.4, -0.2) is 17.1 Å². The summed E-state index contributed by atoms with van der Waals surface area (Å²) in [5, 5.41) is 0. The monoisotopic (exact) mass is 243 g/mol. The summed E-state index contributed by atoms with van der Waals surface area (Å²) in [7, 11) is 0. The minimum Gasteiger partial charge on any atom is -0.459 e. The van der Waals surface area contributed by atoms with E-state index in [0.29, 0.717) is 12.3 Å². The van der Waals surface area contributed by atoms with E-state index in [9.17, 15) is 13.6 Å². The van der Waals surface area contributed by atoms with Gasteiger partial charge in [0.1, 0.15) is 5.56 Å². The number of rotatable bonds is 4. The van der Waals surface area contributed by atoms with Crippen molar-refractivity contribution in [2.24, 2.45) is 5.92 Å². The second-order valence-corrected chi connectivity index (χ2v) is 4.31. The maximum Gasteiger partial charge on any atom is 0.341 e. The first-order valence-electron chi connectivity index (χ1n) is 5.42. The Morgan fingerprint density at radius 2 is 2.06 bits per heavy atom. The van der Waals surface area contributed by atoms with E-state index in [4.69, 9.17) is 4.74 Å². The van der Waals surface area contributed by atoms with Crippen LogP contribution in [0, 0.1) is 17.7 Å². The van der Waals surface area contributed by atoms with E-state index in [1.807, 2.05) is 13.8 Å². The fourth-order valence-corrected chi connectivity index (χ4v) is 1.53. The fourth-order valence-electron chi connectivity index (χ4n) is 1.53. The molecule has 0 bridgehead atoms. The first kappa shape index (κ1) is 13.5. The fraction of sp³-hybridized carbons (Fsp3) is 0.500. The molecule has 0 aromatic carbocycles. The van der Waals surface area contributed by atoms with Gasteiger partial charge < -0.3 is 4.74 Å². The Labute approximate surface area is 98.8 Å². The van der Waals surface area contributed by atoms with Crippen LogP contribution in [0.3, 0.4) is 0 Å². The van der Waals surface area contributed by atoms with Gasteiger partial charge in [0.2, 0.25) is 5.95 Å². The molecule has 1 rings (SSSR count). The third-order valence-corrected chi connectivity index (χ3v) is 2.18. The Morgan fingerprint density at radius 3 is 2.65 bits per heavy atom. The molecule has 5 heteroatoms. The van der Waals surface area contributed by atoms with Crippen LogP contribution in [-0.2, 0) is 4.74 Å². The average Bonchev–Trinajstić information content (AvgIpc) is 2.20. The van der Waals surface area contributed by atoms with Crippen LogP contribution in [0.25, 0.3) is 0 Å². The van der Waals surface area contributed by atoms with E-state index < -0.39 is 23.3 Å². The van der Waals surface area contributed by atoms with Gasteiger partial charge in [-0.3, -0.25) is 0 Å². The van der Waals surface area contributed by atoms with Crippen molar-refractivity contribution in [2.75, 3.05) is 0 Å². The lowest BCUT2D eigenvalue weighted by Gasteiger charge is -2.15. The molecular formula is C12H15F2NO2. The van der Waals surface area contributed by atoms with Gasteiger partial charge in [-0.2, -0.15) is 4.39 Å². The van der Waals surface area contributed by atoms with Crippen molar-refractivity contribution in [2.45, 2.75) is 33.3 Å². The molecule has 1 unspecified atom stereocenters. The van der Waals surface area contributed by atoms with Crippen molar-refractivity contribution in [1.82, 2.24) is 4.98 Å². The Hall–Kier alpha value is -1.52. The zero-order chi connectivity index (χ0) is 13.0. The second kappa shape index (κ2) is 5.70. The van der Waals surface area contributed by atoms with Gasteiger partial charge in [-0.1, -0.05) is 13.8 Å². The topological polar surface area (TPSA) is 39.2 Å². The largest absolute Gasteiger partial charge is 0.459 e. The SMILES string of the molecule is CC(C)CC(C)OC(=O)c1ccnc(F)c1F. The number of halogens is 2. The minimum absolute atomic E-state index is 0.335. The molecule has 0 N–H and O–H groups in total. The predicted octanol–water partition coefficient (Wildman–Crippen LogP) is 2.95. The summed E-state index contributed by atoms with van der Waals surface area (Å²) in [6, 6.07) is 1.10. The molecule has 0 aliphatic heterocycles. The quantitative estimate of drug-likeness (QED) is 0.603. The number of esters is 1. The van der Waals surface area contributed by atoms with Crippen LogP contribution in [0.15, 0.2) is 12.3 Å². The Kier molecular flexibility index (Phi) is 4.54. The summed E-state index contributed by atoms with van der Waals surface area (Å²) in [6.07, 6.45) is 1.36. The third kappa shape index (κ3) is 3.76. The van der Waals surface area contributed by atoms with E-state index >= 15 is 0 Å². The van der Waals surface area contributed by atoms with E-state index in [-0.39, 0.29) is 6.10 Å². The maximum absolute atomic E-state index is 13.2. The number of ether oxygens (including phenoxy) is 1. The molecule has 1 aromatic rings. The molecule has 0 saturated heterocycles. The van der Waals surface area contributed by atoms with Crippen LogP contribution >= 0.6 is 0 Å². The normalized spacial score (nSPS) is 12.6. The highest BCUT2D eigenvalue weighted by Crippen LogP contribution is 2.14. The van der Waals surface area contributed by atoms with Crippen molar-refractivity contribution in [3.8, 4) is 0 Å². The number of aromatic nitrogens is 1. The molecule has 1 atom stereocenters. The van der Waals surface area contributed by atoms with Gasteiger partial charge in [0, 0.05) is 6.20 Å². The molecule has 17 heavy (non-hydrogen) atoms. The van der Waals surface area contributed by atoms with Gasteiger partial charge >= 0.3 is 5.97 Å². The highest BCUT2D eigenvalue weighted by atomic mass is 19.2. The van der Waals surface area contributed by atoms with E-state index in [1.54, 1.807) is 6.92 Å². The molecule has 0 aliphatic rings. The van der Waals surface area contributed by atoms with Crippen molar-refractivity contribution >= 4 is 5.97 Å². The van der Waals surface area contributed by atoms with Crippen LogP contribution < -0.4 is 0 Å². The summed E-state index contributed by atoms with van der Waals surface area (Å²) in [5.41, 5.74) is -0.423. The molecule has 0 saturated carbocycles. The number of pyridine rings is 1. The van der Waals surface area contributed by atoms with Gasteiger partial charge in [-0.05, 0) is 25.3 Å². The zero-order valence-electron chi connectivity index (χ0n) is 10.0. The number of carbonyl (C=O) groups is 1. The smallest absolute Gasteiger partial charge is 0.341 e. The number of carbonyl (C=O) groups excluding carboxylic acids is 1. The van der Waals surface area contributed by atoms with E-state index in [1.165, 1.54) is 0 Å². The molecular weight excluding hydrogens is 228 g/mol.